The molecule has 1 rings (SSSR count). The molecule has 0 bridgehead atoms. The lowest BCUT2D eigenvalue weighted by Crippen LogP contribution is -2.37. The van der Waals surface area contributed by atoms with E-state index in [9.17, 15) is 9.59 Å². The Morgan fingerprint density at radius 2 is 2.18 bits per heavy atom. The average Bonchev–Trinajstić information content (AvgIpc) is 2.76. The molecule has 1 aliphatic heterocycles. The van der Waals surface area contributed by atoms with Crippen molar-refractivity contribution >= 4 is 11.9 Å². The quantitative estimate of drug-likeness (QED) is 0.632. The molecule has 5 nitrogen and oxygen atoms in total. The van der Waals surface area contributed by atoms with Gasteiger partial charge in [0.2, 0.25) is 5.91 Å². The molecule has 1 fully saturated rings. The van der Waals surface area contributed by atoms with Crippen molar-refractivity contribution in [3.8, 4) is 0 Å². The molecule has 0 aromatic carbocycles. The van der Waals surface area contributed by atoms with Gasteiger partial charge in [0.05, 0.1) is 11.8 Å². The molecule has 1 saturated heterocycles. The van der Waals surface area contributed by atoms with Crippen LogP contribution in [0.4, 0.5) is 0 Å². The van der Waals surface area contributed by atoms with Crippen LogP contribution in [-0.4, -0.2) is 36.6 Å². The van der Waals surface area contributed by atoms with E-state index in [1.54, 1.807) is 0 Å². The molecule has 0 spiro atoms. The average molecular weight is 242 g/mol. The summed E-state index contributed by atoms with van der Waals surface area (Å²) >= 11 is 0. The van der Waals surface area contributed by atoms with Gasteiger partial charge >= 0.3 is 5.97 Å². The maximum Gasteiger partial charge on any atom is 0.308 e. The zero-order valence-electron chi connectivity index (χ0n) is 10.5. The standard InChI is InChI=1S/C12H22N2O3/c1-8(2)5-10(12(16)17)7-14-11(15)9-3-4-13-6-9/h8-10,13H,3-7H2,1-2H3,(H,14,15)(H,16,17). The summed E-state index contributed by atoms with van der Waals surface area (Å²) in [6.45, 7) is 5.78. The molecule has 1 amide bonds. The Kier molecular flexibility index (Phi) is 5.41. The summed E-state index contributed by atoms with van der Waals surface area (Å²) in [6, 6.07) is 0. The number of rotatable bonds is 6. The first-order chi connectivity index (χ1) is 8.00. The van der Waals surface area contributed by atoms with Gasteiger partial charge in [-0.2, -0.15) is 0 Å². The van der Waals surface area contributed by atoms with Crippen LogP contribution in [0, 0.1) is 17.8 Å². The van der Waals surface area contributed by atoms with Crippen molar-refractivity contribution in [1.29, 1.82) is 0 Å². The monoisotopic (exact) mass is 242 g/mol. The second kappa shape index (κ2) is 6.59. The van der Waals surface area contributed by atoms with E-state index in [4.69, 9.17) is 5.11 Å². The minimum absolute atomic E-state index is 0.00324. The van der Waals surface area contributed by atoms with Crippen LogP contribution in [0.2, 0.25) is 0 Å². The smallest absolute Gasteiger partial charge is 0.308 e. The van der Waals surface area contributed by atoms with Crippen molar-refractivity contribution < 1.29 is 14.7 Å². The van der Waals surface area contributed by atoms with Crippen LogP contribution in [0.25, 0.3) is 0 Å². The Bertz CT molecular complexity index is 273. The third kappa shape index (κ3) is 4.73. The van der Waals surface area contributed by atoms with Gasteiger partial charge in [-0.1, -0.05) is 13.8 Å². The van der Waals surface area contributed by atoms with Crippen molar-refractivity contribution in [2.75, 3.05) is 19.6 Å². The highest BCUT2D eigenvalue weighted by Crippen LogP contribution is 2.12. The van der Waals surface area contributed by atoms with E-state index >= 15 is 0 Å². The number of carboxylic acid groups (broad SMARTS) is 1. The molecule has 5 heteroatoms. The molecule has 2 atom stereocenters. The minimum atomic E-state index is -0.830. The van der Waals surface area contributed by atoms with Crippen LogP contribution in [0.1, 0.15) is 26.7 Å². The molecule has 0 radical (unpaired) electrons. The number of amides is 1. The Hall–Kier alpha value is -1.10. The largest absolute Gasteiger partial charge is 0.481 e. The first-order valence-electron chi connectivity index (χ1n) is 6.22. The zero-order chi connectivity index (χ0) is 12.8. The summed E-state index contributed by atoms with van der Waals surface area (Å²) in [4.78, 5) is 22.7. The molecule has 0 aliphatic carbocycles. The fourth-order valence-corrected chi connectivity index (χ4v) is 2.09. The van der Waals surface area contributed by atoms with E-state index in [0.29, 0.717) is 18.9 Å². The lowest BCUT2D eigenvalue weighted by Gasteiger charge is -2.16. The molecular formula is C12H22N2O3. The molecule has 2 unspecified atom stereocenters. The third-order valence-corrected chi connectivity index (χ3v) is 3.06. The van der Waals surface area contributed by atoms with E-state index in [0.717, 1.165) is 13.0 Å². The Balaban J connectivity index is 2.35. The van der Waals surface area contributed by atoms with Crippen molar-refractivity contribution in [1.82, 2.24) is 10.6 Å². The molecule has 1 aliphatic rings. The summed E-state index contributed by atoms with van der Waals surface area (Å²) in [5.41, 5.74) is 0. The van der Waals surface area contributed by atoms with Crippen LogP contribution in [-0.2, 0) is 9.59 Å². The first kappa shape index (κ1) is 14.0. The van der Waals surface area contributed by atoms with Crippen LogP contribution in [0.5, 0.6) is 0 Å². The normalized spacial score (nSPS) is 21.5. The van der Waals surface area contributed by atoms with Crippen LogP contribution >= 0.6 is 0 Å². The maximum atomic E-state index is 11.7. The van der Waals surface area contributed by atoms with E-state index in [2.05, 4.69) is 10.6 Å². The molecule has 0 aromatic heterocycles. The van der Waals surface area contributed by atoms with Gasteiger partial charge in [0, 0.05) is 13.1 Å². The molecule has 0 aromatic rings. The molecule has 17 heavy (non-hydrogen) atoms. The second-order valence-corrected chi connectivity index (χ2v) is 5.10. The Morgan fingerprint density at radius 3 is 2.65 bits per heavy atom. The summed E-state index contributed by atoms with van der Waals surface area (Å²) < 4.78 is 0. The number of nitrogens with one attached hydrogen (secondary N) is 2. The molecule has 0 saturated carbocycles. The van der Waals surface area contributed by atoms with Crippen LogP contribution in [0.3, 0.4) is 0 Å². The van der Waals surface area contributed by atoms with Gasteiger partial charge in [-0.05, 0) is 25.3 Å². The molecular weight excluding hydrogens is 220 g/mol. The van der Waals surface area contributed by atoms with E-state index in [1.807, 2.05) is 13.8 Å². The lowest BCUT2D eigenvalue weighted by molar-refractivity contribution is -0.142. The number of hydrogen-bond acceptors (Lipinski definition) is 3. The maximum absolute atomic E-state index is 11.7. The molecule has 3 N–H and O–H groups in total. The van der Waals surface area contributed by atoms with Crippen molar-refractivity contribution in [2.24, 2.45) is 17.8 Å². The number of carboxylic acids is 1. The van der Waals surface area contributed by atoms with Crippen LogP contribution < -0.4 is 10.6 Å². The van der Waals surface area contributed by atoms with Crippen molar-refractivity contribution in [3.63, 3.8) is 0 Å². The topological polar surface area (TPSA) is 78.4 Å². The summed E-state index contributed by atoms with van der Waals surface area (Å²) in [5, 5.41) is 14.9. The van der Waals surface area contributed by atoms with Gasteiger partial charge in [-0.15, -0.1) is 0 Å². The fourth-order valence-electron chi connectivity index (χ4n) is 2.09. The number of aliphatic carboxylic acids is 1. The summed E-state index contributed by atoms with van der Waals surface area (Å²) in [5.74, 6) is -1.01. The summed E-state index contributed by atoms with van der Waals surface area (Å²) in [6.07, 6.45) is 1.44. The number of carbonyl (C=O) groups is 2. The van der Waals surface area contributed by atoms with Crippen molar-refractivity contribution in [3.05, 3.63) is 0 Å². The predicted octanol–water partition coefficient (Wildman–Crippen LogP) is 0.459. The molecule has 98 valence electrons. The van der Waals surface area contributed by atoms with E-state index in [1.165, 1.54) is 0 Å². The first-order valence-corrected chi connectivity index (χ1v) is 6.22. The lowest BCUT2D eigenvalue weighted by atomic mass is 9.97. The predicted molar refractivity (Wildman–Crippen MR) is 64.6 cm³/mol. The van der Waals surface area contributed by atoms with Crippen LogP contribution in [0.15, 0.2) is 0 Å². The van der Waals surface area contributed by atoms with Gasteiger partial charge in [0.25, 0.3) is 0 Å². The zero-order valence-corrected chi connectivity index (χ0v) is 10.5. The summed E-state index contributed by atoms with van der Waals surface area (Å²) in [7, 11) is 0. The van der Waals surface area contributed by atoms with Crippen molar-refractivity contribution in [2.45, 2.75) is 26.7 Å². The van der Waals surface area contributed by atoms with Gasteiger partial charge in [-0.3, -0.25) is 9.59 Å². The highest BCUT2D eigenvalue weighted by Gasteiger charge is 2.24. The Labute approximate surface area is 102 Å². The minimum Gasteiger partial charge on any atom is -0.481 e. The van der Waals surface area contributed by atoms with Gasteiger partial charge in [0.15, 0.2) is 0 Å². The SMILES string of the molecule is CC(C)CC(CNC(=O)C1CCNC1)C(=O)O. The van der Waals surface area contributed by atoms with Gasteiger partial charge in [0.1, 0.15) is 0 Å². The highest BCUT2D eigenvalue weighted by molar-refractivity contribution is 5.80. The van der Waals surface area contributed by atoms with Gasteiger partial charge < -0.3 is 15.7 Å². The molecule has 1 heterocycles. The highest BCUT2D eigenvalue weighted by atomic mass is 16.4. The number of carbonyl (C=O) groups excluding carboxylic acids is 1. The number of hydrogen-bond donors (Lipinski definition) is 3. The van der Waals surface area contributed by atoms with Gasteiger partial charge in [-0.25, -0.2) is 0 Å². The van der Waals surface area contributed by atoms with E-state index in [-0.39, 0.29) is 18.4 Å². The third-order valence-electron chi connectivity index (χ3n) is 3.06. The fraction of sp³-hybridized carbons (Fsp3) is 0.833. The second-order valence-electron chi connectivity index (χ2n) is 5.10. The Morgan fingerprint density at radius 1 is 1.47 bits per heavy atom. The van der Waals surface area contributed by atoms with E-state index < -0.39 is 11.9 Å².